The van der Waals surface area contributed by atoms with Gasteiger partial charge in [0.1, 0.15) is 11.4 Å². The number of rotatable bonds is 4. The number of nitrogens with one attached hydrogen (secondary N) is 1. The lowest BCUT2D eigenvalue weighted by Crippen LogP contribution is -2.49. The number of halogens is 1. The number of nitrogens with zero attached hydrogens (tertiary/aromatic N) is 1. The number of benzene rings is 1. The van der Waals surface area contributed by atoms with Gasteiger partial charge in [0.2, 0.25) is 0 Å². The van der Waals surface area contributed by atoms with Crippen LogP contribution in [0.3, 0.4) is 0 Å². The Labute approximate surface area is 139 Å². The van der Waals surface area contributed by atoms with Gasteiger partial charge in [-0.25, -0.2) is 9.18 Å². The minimum Gasteiger partial charge on any atom is -0.444 e. The van der Waals surface area contributed by atoms with Crippen molar-refractivity contribution in [3.8, 4) is 0 Å². The van der Waals surface area contributed by atoms with Gasteiger partial charge in [-0.2, -0.15) is 0 Å². The Morgan fingerprint density at radius 3 is 2.30 bits per heavy atom. The number of hydrogen-bond acceptors (Lipinski definition) is 3. The molecule has 0 atom stereocenters. The van der Waals surface area contributed by atoms with Gasteiger partial charge in [-0.15, -0.1) is 0 Å². The highest BCUT2D eigenvalue weighted by molar-refractivity contribution is 5.69. The fourth-order valence-electron chi connectivity index (χ4n) is 2.08. The van der Waals surface area contributed by atoms with E-state index in [4.69, 9.17) is 4.74 Å². The van der Waals surface area contributed by atoms with E-state index in [0.29, 0.717) is 18.8 Å². The van der Waals surface area contributed by atoms with Crippen molar-refractivity contribution in [1.82, 2.24) is 4.90 Å². The Bertz CT molecular complexity index is 545. The van der Waals surface area contributed by atoms with E-state index >= 15 is 0 Å². The first kappa shape index (κ1) is 19.3. The van der Waals surface area contributed by atoms with Crippen molar-refractivity contribution in [2.75, 3.05) is 18.4 Å². The molecule has 1 rings (SSSR count). The van der Waals surface area contributed by atoms with Crippen LogP contribution in [0.25, 0.3) is 0 Å². The maximum absolute atomic E-state index is 13.8. The zero-order valence-corrected chi connectivity index (χ0v) is 15.3. The SMILES string of the molecule is Cc1ccc(NCCN(C(=O)OC(C)(C)C)C(C)(C)C)c(F)c1. The van der Waals surface area contributed by atoms with E-state index in [-0.39, 0.29) is 17.4 Å². The normalized spacial score (nSPS) is 12.0. The number of amides is 1. The van der Waals surface area contributed by atoms with E-state index in [2.05, 4.69) is 5.32 Å². The van der Waals surface area contributed by atoms with Gasteiger partial charge >= 0.3 is 6.09 Å². The third-order valence-electron chi connectivity index (χ3n) is 3.20. The molecule has 0 aliphatic rings. The predicted octanol–water partition coefficient (Wildman–Crippen LogP) is 4.58. The summed E-state index contributed by atoms with van der Waals surface area (Å²) in [6.45, 7) is 14.1. The Hall–Kier alpha value is -1.78. The Morgan fingerprint density at radius 2 is 1.83 bits per heavy atom. The number of carbonyl (C=O) groups excluding carboxylic acids is 1. The third-order valence-corrected chi connectivity index (χ3v) is 3.20. The van der Waals surface area contributed by atoms with Gasteiger partial charge in [-0.1, -0.05) is 6.07 Å². The topological polar surface area (TPSA) is 41.6 Å². The summed E-state index contributed by atoms with van der Waals surface area (Å²) < 4.78 is 19.3. The van der Waals surface area contributed by atoms with Crippen molar-refractivity contribution in [2.45, 2.75) is 59.6 Å². The second-order valence-corrected chi connectivity index (χ2v) is 7.71. The molecule has 1 N–H and O–H groups in total. The lowest BCUT2D eigenvalue weighted by Gasteiger charge is -2.37. The lowest BCUT2D eigenvalue weighted by atomic mass is 10.1. The van der Waals surface area contributed by atoms with Crippen LogP contribution in [0.2, 0.25) is 0 Å². The van der Waals surface area contributed by atoms with Crippen LogP contribution in [0.5, 0.6) is 0 Å². The van der Waals surface area contributed by atoms with Crippen molar-refractivity contribution in [3.05, 3.63) is 29.6 Å². The quantitative estimate of drug-likeness (QED) is 0.881. The Balaban J connectivity index is 2.70. The minimum atomic E-state index is -0.545. The van der Waals surface area contributed by atoms with Gasteiger partial charge < -0.3 is 15.0 Å². The average Bonchev–Trinajstić information content (AvgIpc) is 2.32. The van der Waals surface area contributed by atoms with Crippen LogP contribution in [0.15, 0.2) is 18.2 Å². The molecule has 0 fully saturated rings. The van der Waals surface area contributed by atoms with Gasteiger partial charge in [0.25, 0.3) is 0 Å². The maximum Gasteiger partial charge on any atom is 0.410 e. The van der Waals surface area contributed by atoms with Crippen LogP contribution in [-0.2, 0) is 4.74 Å². The fraction of sp³-hybridized carbons (Fsp3) is 0.611. The highest BCUT2D eigenvalue weighted by atomic mass is 19.1. The monoisotopic (exact) mass is 324 g/mol. The largest absolute Gasteiger partial charge is 0.444 e. The molecule has 4 nitrogen and oxygen atoms in total. The molecular weight excluding hydrogens is 295 g/mol. The molecule has 0 unspecified atom stereocenters. The molecule has 0 aromatic heterocycles. The lowest BCUT2D eigenvalue weighted by molar-refractivity contribution is 0.00749. The van der Waals surface area contributed by atoms with Crippen LogP contribution in [0.1, 0.15) is 47.1 Å². The van der Waals surface area contributed by atoms with Gasteiger partial charge in [0.05, 0.1) is 5.69 Å². The van der Waals surface area contributed by atoms with Crippen molar-refractivity contribution >= 4 is 11.8 Å². The standard InChI is InChI=1S/C18H29FN2O2/c1-13-8-9-15(14(19)12-13)20-10-11-21(17(2,3)4)16(22)23-18(5,6)7/h8-9,12,20H,10-11H2,1-7H3. The fourth-order valence-corrected chi connectivity index (χ4v) is 2.08. The van der Waals surface area contributed by atoms with Crippen LogP contribution in [0.4, 0.5) is 14.9 Å². The minimum absolute atomic E-state index is 0.287. The zero-order valence-electron chi connectivity index (χ0n) is 15.3. The van der Waals surface area contributed by atoms with E-state index in [1.165, 1.54) is 6.07 Å². The molecule has 0 saturated carbocycles. The van der Waals surface area contributed by atoms with Crippen molar-refractivity contribution in [1.29, 1.82) is 0 Å². The van der Waals surface area contributed by atoms with Crippen LogP contribution in [0, 0.1) is 12.7 Å². The molecule has 1 amide bonds. The molecular formula is C18H29FN2O2. The average molecular weight is 324 g/mol. The van der Waals surface area contributed by atoms with Crippen molar-refractivity contribution in [3.63, 3.8) is 0 Å². The van der Waals surface area contributed by atoms with Gasteiger partial charge in [-0.05, 0) is 66.2 Å². The highest BCUT2D eigenvalue weighted by Gasteiger charge is 2.30. The summed E-state index contributed by atoms with van der Waals surface area (Å²) in [6.07, 6.45) is -0.365. The third kappa shape index (κ3) is 6.47. The number of ether oxygens (including phenoxy) is 1. The van der Waals surface area contributed by atoms with Gasteiger partial charge in [-0.3, -0.25) is 0 Å². The van der Waals surface area contributed by atoms with Crippen LogP contribution < -0.4 is 5.32 Å². The number of carbonyl (C=O) groups is 1. The molecule has 5 heteroatoms. The number of hydrogen-bond donors (Lipinski definition) is 1. The molecule has 130 valence electrons. The van der Waals surface area contributed by atoms with Crippen molar-refractivity contribution in [2.24, 2.45) is 0 Å². The van der Waals surface area contributed by atoms with Gasteiger partial charge in [0.15, 0.2) is 0 Å². The maximum atomic E-state index is 13.8. The van der Waals surface area contributed by atoms with Gasteiger partial charge in [0, 0.05) is 18.6 Å². The Morgan fingerprint density at radius 1 is 1.22 bits per heavy atom. The molecule has 0 aliphatic carbocycles. The summed E-state index contributed by atoms with van der Waals surface area (Å²) in [6, 6.07) is 5.04. The zero-order chi connectivity index (χ0) is 17.8. The molecule has 1 aromatic rings. The summed E-state index contributed by atoms with van der Waals surface area (Å²) in [4.78, 5) is 14.0. The number of anilines is 1. The van der Waals surface area contributed by atoms with Crippen LogP contribution >= 0.6 is 0 Å². The van der Waals surface area contributed by atoms with Crippen LogP contribution in [-0.4, -0.2) is 35.2 Å². The summed E-state index contributed by atoms with van der Waals surface area (Å²) >= 11 is 0. The second-order valence-electron chi connectivity index (χ2n) is 7.71. The molecule has 0 saturated heterocycles. The number of aryl methyl sites for hydroxylation is 1. The smallest absolute Gasteiger partial charge is 0.410 e. The first-order valence-electron chi connectivity index (χ1n) is 7.91. The first-order chi connectivity index (χ1) is 10.4. The second kappa shape index (κ2) is 7.20. The molecule has 0 spiro atoms. The van der Waals surface area contributed by atoms with E-state index in [9.17, 15) is 9.18 Å². The van der Waals surface area contributed by atoms with E-state index < -0.39 is 5.60 Å². The summed E-state index contributed by atoms with van der Waals surface area (Å²) in [5.74, 6) is -0.287. The highest BCUT2D eigenvalue weighted by Crippen LogP contribution is 2.19. The van der Waals surface area contributed by atoms with E-state index in [1.807, 2.05) is 54.5 Å². The van der Waals surface area contributed by atoms with Crippen molar-refractivity contribution < 1.29 is 13.9 Å². The van der Waals surface area contributed by atoms with E-state index in [0.717, 1.165) is 5.56 Å². The summed E-state index contributed by atoms with van der Waals surface area (Å²) in [7, 11) is 0. The molecule has 0 radical (unpaired) electrons. The Kier molecular flexibility index (Phi) is 6.03. The summed E-state index contributed by atoms with van der Waals surface area (Å²) in [5, 5.41) is 3.04. The molecule has 1 aromatic carbocycles. The molecule has 0 heterocycles. The first-order valence-corrected chi connectivity index (χ1v) is 7.91. The summed E-state index contributed by atoms with van der Waals surface area (Å²) in [5.41, 5.74) is 0.388. The molecule has 0 bridgehead atoms. The molecule has 23 heavy (non-hydrogen) atoms. The predicted molar refractivity (Wildman–Crippen MR) is 92.3 cm³/mol. The molecule has 0 aliphatic heterocycles. The van der Waals surface area contributed by atoms with E-state index in [1.54, 1.807) is 11.0 Å².